The van der Waals surface area contributed by atoms with E-state index >= 15 is 0 Å². The van der Waals surface area contributed by atoms with E-state index in [4.69, 9.17) is 9.15 Å². The predicted octanol–water partition coefficient (Wildman–Crippen LogP) is 1.14. The van der Waals surface area contributed by atoms with Gasteiger partial charge in [0.25, 0.3) is 0 Å². The van der Waals surface area contributed by atoms with E-state index < -0.39 is 5.63 Å². The van der Waals surface area contributed by atoms with E-state index in [2.05, 4.69) is 10.6 Å². The Bertz CT molecular complexity index is 695. The standard InChI is InChI=1S/C14H14N2O4.ClH/c17-13-4-1-9-7-10(2-3-12(9)20-13)16-14(18)11-8-19-6-5-15-11;/h1-4,7,11,15H,5-6,8H2,(H,16,18);1H. The SMILES string of the molecule is Cl.O=C(Nc1ccc2oc(=O)ccc2c1)C1COCCN1. The number of amides is 1. The lowest BCUT2D eigenvalue weighted by molar-refractivity contribution is -0.120. The number of hydrogen-bond donors (Lipinski definition) is 2. The smallest absolute Gasteiger partial charge is 0.336 e. The van der Waals surface area contributed by atoms with Gasteiger partial charge in [-0.3, -0.25) is 4.79 Å². The molecule has 21 heavy (non-hydrogen) atoms. The first kappa shape index (κ1) is 15.5. The molecule has 2 heterocycles. The molecule has 1 aromatic heterocycles. The van der Waals surface area contributed by atoms with E-state index in [0.717, 1.165) is 5.39 Å². The molecule has 1 aromatic carbocycles. The molecule has 3 rings (SSSR count). The lowest BCUT2D eigenvalue weighted by Gasteiger charge is -2.22. The van der Waals surface area contributed by atoms with Crippen LogP contribution in [0.5, 0.6) is 0 Å². The third kappa shape index (κ3) is 3.60. The van der Waals surface area contributed by atoms with Crippen LogP contribution in [0, 0.1) is 0 Å². The summed E-state index contributed by atoms with van der Waals surface area (Å²) in [7, 11) is 0. The largest absolute Gasteiger partial charge is 0.423 e. The molecular weight excluding hydrogens is 296 g/mol. The molecule has 112 valence electrons. The molecule has 1 aliphatic heterocycles. The quantitative estimate of drug-likeness (QED) is 0.813. The normalized spacial score (nSPS) is 18.0. The summed E-state index contributed by atoms with van der Waals surface area (Å²) in [5.41, 5.74) is 0.760. The van der Waals surface area contributed by atoms with Crippen molar-refractivity contribution in [2.75, 3.05) is 25.1 Å². The second-order valence-electron chi connectivity index (χ2n) is 4.58. The summed E-state index contributed by atoms with van der Waals surface area (Å²) >= 11 is 0. The van der Waals surface area contributed by atoms with Gasteiger partial charge in [-0.1, -0.05) is 0 Å². The van der Waals surface area contributed by atoms with E-state index in [-0.39, 0.29) is 24.4 Å². The van der Waals surface area contributed by atoms with Crippen molar-refractivity contribution in [3.63, 3.8) is 0 Å². The average Bonchev–Trinajstić information content (AvgIpc) is 2.48. The van der Waals surface area contributed by atoms with Gasteiger partial charge in [-0.25, -0.2) is 4.79 Å². The van der Waals surface area contributed by atoms with Crippen molar-refractivity contribution in [1.29, 1.82) is 0 Å². The van der Waals surface area contributed by atoms with Crippen molar-refractivity contribution in [1.82, 2.24) is 5.32 Å². The monoisotopic (exact) mass is 310 g/mol. The Morgan fingerprint density at radius 1 is 1.29 bits per heavy atom. The Hall–Kier alpha value is -1.89. The molecule has 1 atom stereocenters. The van der Waals surface area contributed by atoms with Gasteiger partial charge in [-0.15, -0.1) is 12.4 Å². The minimum Gasteiger partial charge on any atom is -0.423 e. The number of halogens is 1. The Labute approximate surface area is 126 Å². The highest BCUT2D eigenvalue weighted by Gasteiger charge is 2.21. The van der Waals surface area contributed by atoms with Gasteiger partial charge in [-0.2, -0.15) is 0 Å². The lowest BCUT2D eigenvalue weighted by atomic mass is 10.2. The van der Waals surface area contributed by atoms with Gasteiger partial charge in [0.1, 0.15) is 11.6 Å². The third-order valence-electron chi connectivity index (χ3n) is 3.12. The van der Waals surface area contributed by atoms with Gasteiger partial charge < -0.3 is 19.8 Å². The maximum Gasteiger partial charge on any atom is 0.336 e. The predicted molar refractivity (Wildman–Crippen MR) is 81.0 cm³/mol. The number of morpholine rings is 1. The van der Waals surface area contributed by atoms with Crippen LogP contribution in [0.2, 0.25) is 0 Å². The summed E-state index contributed by atoms with van der Waals surface area (Å²) < 4.78 is 10.3. The van der Waals surface area contributed by atoms with E-state index in [1.807, 2.05) is 0 Å². The summed E-state index contributed by atoms with van der Waals surface area (Å²) in [6.07, 6.45) is 0. The highest BCUT2D eigenvalue weighted by atomic mass is 35.5. The molecule has 1 aliphatic rings. The highest BCUT2D eigenvalue weighted by molar-refractivity contribution is 5.96. The maximum absolute atomic E-state index is 12.0. The number of carbonyl (C=O) groups excluding carboxylic acids is 1. The van der Waals surface area contributed by atoms with E-state index in [1.165, 1.54) is 6.07 Å². The van der Waals surface area contributed by atoms with Crippen LogP contribution in [0.4, 0.5) is 5.69 Å². The summed E-state index contributed by atoms with van der Waals surface area (Å²) in [5, 5.41) is 6.66. The average molecular weight is 311 g/mol. The first-order chi connectivity index (χ1) is 9.72. The third-order valence-corrected chi connectivity index (χ3v) is 3.12. The molecule has 1 fully saturated rings. The topological polar surface area (TPSA) is 80.6 Å². The lowest BCUT2D eigenvalue weighted by Crippen LogP contribution is -2.48. The van der Waals surface area contributed by atoms with Gasteiger partial charge in [0, 0.05) is 23.7 Å². The summed E-state index contributed by atoms with van der Waals surface area (Å²) in [6, 6.07) is 7.81. The molecular formula is C14H15ClN2O4. The molecule has 0 bridgehead atoms. The molecule has 1 unspecified atom stereocenters. The highest BCUT2D eigenvalue weighted by Crippen LogP contribution is 2.17. The van der Waals surface area contributed by atoms with E-state index in [1.54, 1.807) is 24.3 Å². The fourth-order valence-corrected chi connectivity index (χ4v) is 2.11. The summed E-state index contributed by atoms with van der Waals surface area (Å²) in [6.45, 7) is 1.66. The van der Waals surface area contributed by atoms with E-state index in [0.29, 0.717) is 31.0 Å². The molecule has 2 aromatic rings. The first-order valence-corrected chi connectivity index (χ1v) is 6.38. The molecule has 0 saturated carbocycles. The molecule has 7 heteroatoms. The van der Waals surface area contributed by atoms with Gasteiger partial charge in [-0.05, 0) is 24.3 Å². The Balaban J connectivity index is 0.00000161. The van der Waals surface area contributed by atoms with Crippen molar-refractivity contribution >= 4 is 35.0 Å². The van der Waals surface area contributed by atoms with Gasteiger partial charge >= 0.3 is 5.63 Å². The fourth-order valence-electron chi connectivity index (χ4n) is 2.11. The Kier molecular flexibility index (Phi) is 4.95. The minimum absolute atomic E-state index is 0. The molecule has 1 saturated heterocycles. The van der Waals surface area contributed by atoms with Crippen LogP contribution in [0.25, 0.3) is 11.0 Å². The number of carbonyl (C=O) groups is 1. The molecule has 6 nitrogen and oxygen atoms in total. The number of nitrogens with one attached hydrogen (secondary N) is 2. The Morgan fingerprint density at radius 3 is 2.90 bits per heavy atom. The zero-order valence-corrected chi connectivity index (χ0v) is 11.9. The van der Waals surface area contributed by atoms with Gasteiger partial charge in [0.05, 0.1) is 13.2 Å². The van der Waals surface area contributed by atoms with Crippen LogP contribution < -0.4 is 16.3 Å². The second kappa shape index (κ2) is 6.71. The van der Waals surface area contributed by atoms with Crippen LogP contribution >= 0.6 is 12.4 Å². The first-order valence-electron chi connectivity index (χ1n) is 6.38. The number of rotatable bonds is 2. The molecule has 2 N–H and O–H groups in total. The molecule has 0 aliphatic carbocycles. The number of ether oxygens (including phenoxy) is 1. The second-order valence-corrected chi connectivity index (χ2v) is 4.58. The number of anilines is 1. The number of hydrogen-bond acceptors (Lipinski definition) is 5. The fraction of sp³-hybridized carbons (Fsp3) is 0.286. The van der Waals surface area contributed by atoms with Gasteiger partial charge in [0.15, 0.2) is 0 Å². The van der Waals surface area contributed by atoms with Crippen LogP contribution in [-0.2, 0) is 9.53 Å². The number of benzene rings is 1. The van der Waals surface area contributed by atoms with Gasteiger partial charge in [0.2, 0.25) is 5.91 Å². The Morgan fingerprint density at radius 2 is 2.14 bits per heavy atom. The zero-order chi connectivity index (χ0) is 13.9. The molecule has 0 radical (unpaired) electrons. The summed E-state index contributed by atoms with van der Waals surface area (Å²) in [4.78, 5) is 23.1. The van der Waals surface area contributed by atoms with Crippen molar-refractivity contribution in [2.24, 2.45) is 0 Å². The minimum atomic E-state index is -0.391. The molecule has 1 amide bonds. The number of fused-ring (bicyclic) bond motifs is 1. The maximum atomic E-state index is 12.0. The van der Waals surface area contributed by atoms with Crippen LogP contribution in [0.15, 0.2) is 39.5 Å². The van der Waals surface area contributed by atoms with Crippen molar-refractivity contribution in [2.45, 2.75) is 6.04 Å². The summed E-state index contributed by atoms with van der Waals surface area (Å²) in [5.74, 6) is -0.138. The van der Waals surface area contributed by atoms with E-state index in [9.17, 15) is 9.59 Å². The van der Waals surface area contributed by atoms with Crippen LogP contribution in [-0.4, -0.2) is 31.7 Å². The van der Waals surface area contributed by atoms with Crippen LogP contribution in [0.3, 0.4) is 0 Å². The van der Waals surface area contributed by atoms with Crippen molar-refractivity contribution in [3.05, 3.63) is 40.8 Å². The van der Waals surface area contributed by atoms with Crippen LogP contribution in [0.1, 0.15) is 0 Å². The van der Waals surface area contributed by atoms with Crippen molar-refractivity contribution < 1.29 is 13.9 Å². The van der Waals surface area contributed by atoms with Crippen molar-refractivity contribution in [3.8, 4) is 0 Å². The molecule has 0 spiro atoms. The zero-order valence-electron chi connectivity index (χ0n) is 11.1.